The normalized spacial score (nSPS) is 17.1. The molecular weight excluding hydrogens is 325 g/mol. The van der Waals surface area contributed by atoms with Crippen LogP contribution in [0, 0.1) is 18.2 Å². The largest absolute Gasteiger partial charge is 0.444 e. The van der Waals surface area contributed by atoms with Crippen molar-refractivity contribution in [3.05, 3.63) is 23.8 Å². The van der Waals surface area contributed by atoms with Crippen LogP contribution in [0.2, 0.25) is 0 Å². The third kappa shape index (κ3) is 4.90. The summed E-state index contributed by atoms with van der Waals surface area (Å²) in [6.45, 7) is 9.77. The number of nitrogens with one attached hydrogen (secondary N) is 1. The van der Waals surface area contributed by atoms with Gasteiger partial charge in [-0.2, -0.15) is 0 Å². The van der Waals surface area contributed by atoms with E-state index in [1.54, 1.807) is 11.8 Å². The minimum absolute atomic E-state index is 0.193. The van der Waals surface area contributed by atoms with Gasteiger partial charge in [0.15, 0.2) is 0 Å². The molecule has 0 spiro atoms. The molecule has 1 aromatic rings. The number of nitrogens with zero attached hydrogens (tertiary/aromatic N) is 2. The molecule has 138 valence electrons. The lowest BCUT2D eigenvalue weighted by atomic mass is 9.79. The van der Waals surface area contributed by atoms with Crippen molar-refractivity contribution in [2.24, 2.45) is 5.41 Å². The monoisotopic (exact) mass is 351 g/mol. The second kappa shape index (κ2) is 6.98. The number of amides is 2. The Labute approximate surface area is 147 Å². The molecule has 1 aromatic heterocycles. The van der Waals surface area contributed by atoms with E-state index in [4.69, 9.17) is 4.74 Å². The van der Waals surface area contributed by atoms with E-state index in [2.05, 4.69) is 10.3 Å². The lowest BCUT2D eigenvalue weighted by Crippen LogP contribution is -2.48. The predicted molar refractivity (Wildman–Crippen MR) is 92.7 cm³/mol. The Hall–Kier alpha value is -2.18. The first-order valence-corrected chi connectivity index (χ1v) is 8.42. The van der Waals surface area contributed by atoms with E-state index in [0.29, 0.717) is 31.6 Å². The average Bonchev–Trinajstić information content (AvgIpc) is 2.50. The second-order valence-corrected chi connectivity index (χ2v) is 7.77. The predicted octanol–water partition coefficient (Wildman–Crippen LogP) is 3.50. The first kappa shape index (κ1) is 19.1. The summed E-state index contributed by atoms with van der Waals surface area (Å²) < 4.78 is 18.9. The molecule has 0 saturated carbocycles. The third-order valence-corrected chi connectivity index (χ3v) is 4.35. The molecule has 1 aliphatic heterocycles. The number of halogens is 1. The van der Waals surface area contributed by atoms with Gasteiger partial charge in [0, 0.05) is 19.2 Å². The maximum absolute atomic E-state index is 13.6. The van der Waals surface area contributed by atoms with Gasteiger partial charge in [0.1, 0.15) is 11.4 Å². The number of carbonyl (C=O) groups is 2. The number of carbonyl (C=O) groups excluding carboxylic acids is 2. The number of aryl methyl sites for hydroxylation is 1. The fourth-order valence-electron chi connectivity index (χ4n) is 2.59. The van der Waals surface area contributed by atoms with Gasteiger partial charge in [-0.25, -0.2) is 9.18 Å². The van der Waals surface area contributed by atoms with Crippen LogP contribution in [0.25, 0.3) is 0 Å². The first-order valence-electron chi connectivity index (χ1n) is 8.42. The second-order valence-electron chi connectivity index (χ2n) is 7.77. The molecule has 0 bridgehead atoms. The zero-order valence-corrected chi connectivity index (χ0v) is 15.5. The first-order chi connectivity index (χ1) is 11.5. The van der Waals surface area contributed by atoms with Gasteiger partial charge in [0.25, 0.3) is 0 Å². The highest BCUT2D eigenvalue weighted by Crippen LogP contribution is 2.33. The highest BCUT2D eigenvalue weighted by molar-refractivity contribution is 5.95. The Kier molecular flexibility index (Phi) is 5.34. The fraction of sp³-hybridized carbons (Fsp3) is 0.611. The number of aromatic nitrogens is 1. The number of ether oxygens (including phenoxy) is 1. The Balaban J connectivity index is 1.95. The van der Waals surface area contributed by atoms with Crippen molar-refractivity contribution in [1.82, 2.24) is 9.88 Å². The van der Waals surface area contributed by atoms with Crippen LogP contribution in [0.4, 0.5) is 14.9 Å². The molecule has 1 saturated heterocycles. The summed E-state index contributed by atoms with van der Waals surface area (Å²) in [7, 11) is 0. The Morgan fingerprint density at radius 2 is 1.92 bits per heavy atom. The lowest BCUT2D eigenvalue weighted by Gasteiger charge is -2.38. The maximum Gasteiger partial charge on any atom is 0.410 e. The van der Waals surface area contributed by atoms with Crippen molar-refractivity contribution in [2.45, 2.75) is 53.1 Å². The van der Waals surface area contributed by atoms with Crippen molar-refractivity contribution < 1.29 is 18.7 Å². The molecule has 0 aromatic carbocycles. The van der Waals surface area contributed by atoms with Gasteiger partial charge in [-0.05, 0) is 40.5 Å². The minimum Gasteiger partial charge on any atom is -0.444 e. The van der Waals surface area contributed by atoms with Crippen LogP contribution in [0.5, 0.6) is 0 Å². The van der Waals surface area contributed by atoms with Crippen molar-refractivity contribution in [1.29, 1.82) is 0 Å². The molecule has 1 fully saturated rings. The van der Waals surface area contributed by atoms with Crippen molar-refractivity contribution >= 4 is 17.7 Å². The van der Waals surface area contributed by atoms with E-state index >= 15 is 0 Å². The Bertz CT molecular complexity index is 662. The summed E-state index contributed by atoms with van der Waals surface area (Å²) in [6.07, 6.45) is 2.11. The maximum atomic E-state index is 13.6. The van der Waals surface area contributed by atoms with Crippen LogP contribution in [-0.2, 0) is 9.53 Å². The van der Waals surface area contributed by atoms with Gasteiger partial charge in [-0.1, -0.05) is 6.92 Å². The smallest absolute Gasteiger partial charge is 0.410 e. The van der Waals surface area contributed by atoms with E-state index in [9.17, 15) is 14.0 Å². The van der Waals surface area contributed by atoms with Gasteiger partial charge in [0.05, 0.1) is 23.0 Å². The molecule has 0 unspecified atom stereocenters. The van der Waals surface area contributed by atoms with Crippen LogP contribution in [0.1, 0.15) is 46.2 Å². The quantitative estimate of drug-likeness (QED) is 0.885. The molecule has 1 aliphatic rings. The van der Waals surface area contributed by atoms with Gasteiger partial charge in [-0.15, -0.1) is 0 Å². The van der Waals surface area contributed by atoms with Crippen LogP contribution in [0.3, 0.4) is 0 Å². The highest BCUT2D eigenvalue weighted by atomic mass is 19.1. The molecule has 1 N–H and O–H groups in total. The summed E-state index contributed by atoms with van der Waals surface area (Å²) in [5.74, 6) is -0.649. The van der Waals surface area contributed by atoms with Crippen LogP contribution >= 0.6 is 0 Å². The van der Waals surface area contributed by atoms with E-state index in [-0.39, 0.29) is 17.7 Å². The van der Waals surface area contributed by atoms with Crippen LogP contribution in [0.15, 0.2) is 12.3 Å². The number of likely N-dealkylation sites (tertiary alicyclic amines) is 1. The zero-order valence-electron chi connectivity index (χ0n) is 15.5. The third-order valence-electron chi connectivity index (χ3n) is 4.35. The summed E-state index contributed by atoms with van der Waals surface area (Å²) in [4.78, 5) is 30.2. The summed E-state index contributed by atoms with van der Waals surface area (Å²) in [6, 6.07) is 1.26. The van der Waals surface area contributed by atoms with E-state index in [1.807, 2.05) is 27.7 Å². The molecule has 0 aliphatic carbocycles. The molecule has 0 atom stereocenters. The number of pyridine rings is 1. The SMILES string of the molecule is Cc1ncc(NC(=O)C2(C)CCN(C(=O)OC(C)(C)C)CC2)cc1F. The summed E-state index contributed by atoms with van der Waals surface area (Å²) in [5.41, 5.74) is -0.545. The van der Waals surface area contributed by atoms with Gasteiger partial charge < -0.3 is 15.0 Å². The molecule has 2 rings (SSSR count). The number of rotatable bonds is 2. The molecule has 6 nitrogen and oxygen atoms in total. The minimum atomic E-state index is -0.625. The van der Waals surface area contributed by atoms with Crippen molar-refractivity contribution in [3.63, 3.8) is 0 Å². The molecule has 25 heavy (non-hydrogen) atoms. The van der Waals surface area contributed by atoms with E-state index in [1.165, 1.54) is 12.3 Å². The standard InChI is InChI=1S/C18H26FN3O3/c1-12-14(19)10-13(11-20-12)21-15(23)18(5)6-8-22(9-7-18)16(24)25-17(2,3)4/h10-11H,6-9H2,1-5H3,(H,21,23). The van der Waals surface area contributed by atoms with Crippen LogP contribution in [-0.4, -0.2) is 40.6 Å². The van der Waals surface area contributed by atoms with E-state index in [0.717, 1.165) is 0 Å². The molecule has 7 heteroatoms. The molecule has 0 radical (unpaired) electrons. The van der Waals surface area contributed by atoms with Crippen molar-refractivity contribution in [2.75, 3.05) is 18.4 Å². The number of anilines is 1. The summed E-state index contributed by atoms with van der Waals surface area (Å²) >= 11 is 0. The van der Waals surface area contributed by atoms with Gasteiger partial charge >= 0.3 is 6.09 Å². The van der Waals surface area contributed by atoms with Crippen LogP contribution < -0.4 is 5.32 Å². The summed E-state index contributed by atoms with van der Waals surface area (Å²) in [5, 5.41) is 2.73. The van der Waals surface area contributed by atoms with Crippen molar-refractivity contribution in [3.8, 4) is 0 Å². The van der Waals surface area contributed by atoms with Gasteiger partial charge in [0.2, 0.25) is 5.91 Å². The Morgan fingerprint density at radius 3 is 2.44 bits per heavy atom. The van der Waals surface area contributed by atoms with Gasteiger partial charge in [-0.3, -0.25) is 9.78 Å². The number of piperidine rings is 1. The Morgan fingerprint density at radius 1 is 1.32 bits per heavy atom. The average molecular weight is 351 g/mol. The topological polar surface area (TPSA) is 71.5 Å². The molecular formula is C18H26FN3O3. The zero-order chi connectivity index (χ0) is 18.8. The van der Waals surface area contributed by atoms with E-state index < -0.39 is 16.8 Å². The molecule has 2 amide bonds. The molecule has 2 heterocycles. The highest BCUT2D eigenvalue weighted by Gasteiger charge is 2.39. The number of hydrogen-bond donors (Lipinski definition) is 1. The number of hydrogen-bond acceptors (Lipinski definition) is 4. The lowest BCUT2D eigenvalue weighted by molar-refractivity contribution is -0.127. The fourth-order valence-corrected chi connectivity index (χ4v) is 2.59.